The molecule has 6 rings (SSSR count). The average molecular weight is 603 g/mol. The lowest BCUT2D eigenvalue weighted by Gasteiger charge is -2.14. The molecule has 12 heteroatoms. The summed E-state index contributed by atoms with van der Waals surface area (Å²) >= 11 is 6.65. The van der Waals surface area contributed by atoms with Crippen LogP contribution in [0.15, 0.2) is 70.2 Å². The summed E-state index contributed by atoms with van der Waals surface area (Å²) in [6, 6.07) is 11.8. The Hall–Kier alpha value is -5.00. The molecule has 1 atom stereocenters. The lowest BCUT2D eigenvalue weighted by Crippen LogP contribution is -2.30. The largest absolute Gasteiger partial charge is 0.463 e. The standard InChI is InChI=1S/C31H24ClFN4O6/c1-3-41-31(40)26-24(20-5-4-9-35-29(20)38)25-23(13-21(33)19-8-10-42-27(19)25)37(26)14-17-11-16-6-7-18(43-30(39)15(2)34)12-22(16)36-28(17)32/h4-13,15H,3,14,34H2,1-2H3,(H,35,38). The van der Waals surface area contributed by atoms with Gasteiger partial charge < -0.3 is 29.2 Å². The van der Waals surface area contributed by atoms with Gasteiger partial charge in [0.15, 0.2) is 0 Å². The molecule has 1 unspecified atom stereocenters. The van der Waals surface area contributed by atoms with Crippen molar-refractivity contribution >= 4 is 56.3 Å². The molecular formula is C31H24ClFN4O6. The second-order valence-corrected chi connectivity index (χ2v) is 10.2. The van der Waals surface area contributed by atoms with Crippen LogP contribution in [0.4, 0.5) is 4.39 Å². The molecule has 0 aliphatic carbocycles. The number of benzene rings is 2. The number of furan rings is 1. The van der Waals surface area contributed by atoms with Crippen LogP contribution >= 0.6 is 11.6 Å². The molecular weight excluding hydrogens is 579 g/mol. The Bertz CT molecular complexity index is 2130. The number of H-pyrrole nitrogens is 1. The van der Waals surface area contributed by atoms with Gasteiger partial charge in [0.25, 0.3) is 5.56 Å². The van der Waals surface area contributed by atoms with E-state index in [1.165, 1.54) is 31.5 Å². The highest BCUT2D eigenvalue weighted by molar-refractivity contribution is 6.30. The lowest BCUT2D eigenvalue weighted by molar-refractivity contribution is -0.135. The highest BCUT2D eigenvalue weighted by Crippen LogP contribution is 2.41. The van der Waals surface area contributed by atoms with E-state index >= 15 is 4.39 Å². The van der Waals surface area contributed by atoms with E-state index in [4.69, 9.17) is 31.2 Å². The number of fused-ring (bicyclic) bond motifs is 4. The number of nitrogens with two attached hydrogens (primary N) is 1. The Labute approximate surface area is 247 Å². The molecule has 10 nitrogen and oxygen atoms in total. The van der Waals surface area contributed by atoms with Crippen molar-refractivity contribution in [2.45, 2.75) is 26.4 Å². The van der Waals surface area contributed by atoms with Crippen LogP contribution in [0.5, 0.6) is 5.75 Å². The van der Waals surface area contributed by atoms with Crippen molar-refractivity contribution in [2.75, 3.05) is 6.61 Å². The average Bonchev–Trinajstić information content (AvgIpc) is 3.58. The molecule has 4 heterocycles. The summed E-state index contributed by atoms with van der Waals surface area (Å²) in [5.41, 5.74) is 6.97. The van der Waals surface area contributed by atoms with Gasteiger partial charge in [0.1, 0.15) is 34.0 Å². The number of carbonyl (C=O) groups is 2. The first-order chi connectivity index (χ1) is 20.7. The number of esters is 2. The number of hydrogen-bond donors (Lipinski definition) is 2. The molecule has 0 aliphatic rings. The SMILES string of the molecule is CCOC(=O)c1c(-c2ccc[nH]c2=O)c2c3occc3c(F)cc2n1Cc1cc2ccc(OC(=O)C(C)N)cc2nc1Cl. The molecule has 0 saturated heterocycles. The van der Waals surface area contributed by atoms with E-state index in [0.717, 1.165) is 0 Å². The minimum absolute atomic E-state index is 0.0196. The maximum absolute atomic E-state index is 15.4. The molecule has 0 fully saturated rings. The molecule has 3 N–H and O–H groups in total. The van der Waals surface area contributed by atoms with Gasteiger partial charge in [0.2, 0.25) is 0 Å². The first kappa shape index (κ1) is 28.1. The molecule has 4 aromatic heterocycles. The van der Waals surface area contributed by atoms with Crippen molar-refractivity contribution in [3.05, 3.63) is 93.6 Å². The zero-order valence-corrected chi connectivity index (χ0v) is 23.7. The molecule has 0 radical (unpaired) electrons. The van der Waals surface area contributed by atoms with Crippen LogP contribution in [0, 0.1) is 5.82 Å². The third kappa shape index (κ3) is 4.92. The fourth-order valence-electron chi connectivity index (χ4n) is 5.08. The van der Waals surface area contributed by atoms with Gasteiger partial charge in [0, 0.05) is 28.8 Å². The van der Waals surface area contributed by atoms with Gasteiger partial charge in [-0.05, 0) is 56.3 Å². The van der Waals surface area contributed by atoms with Crippen molar-refractivity contribution < 1.29 is 27.9 Å². The predicted molar refractivity (Wildman–Crippen MR) is 159 cm³/mol. The quantitative estimate of drug-likeness (QED) is 0.137. The Morgan fingerprint density at radius 3 is 2.77 bits per heavy atom. The number of hydrogen-bond acceptors (Lipinski definition) is 8. The molecule has 0 aliphatic heterocycles. The fraction of sp³-hybridized carbons (Fsp3) is 0.161. The highest BCUT2D eigenvalue weighted by Gasteiger charge is 2.30. The van der Waals surface area contributed by atoms with E-state index in [1.807, 2.05) is 0 Å². The number of pyridine rings is 2. The number of nitrogens with zero attached hydrogens (tertiary/aromatic N) is 2. The van der Waals surface area contributed by atoms with Crippen LogP contribution in [-0.4, -0.2) is 39.1 Å². The van der Waals surface area contributed by atoms with Crippen LogP contribution in [0.2, 0.25) is 5.15 Å². The molecule has 0 amide bonds. The second-order valence-electron chi connectivity index (χ2n) is 9.86. The predicted octanol–water partition coefficient (Wildman–Crippen LogP) is 5.56. The van der Waals surface area contributed by atoms with Crippen molar-refractivity contribution in [2.24, 2.45) is 5.73 Å². The first-order valence-corrected chi connectivity index (χ1v) is 13.7. The molecule has 6 aromatic rings. The van der Waals surface area contributed by atoms with E-state index in [1.54, 1.807) is 47.9 Å². The zero-order valence-electron chi connectivity index (χ0n) is 22.9. The van der Waals surface area contributed by atoms with Crippen molar-refractivity contribution in [3.63, 3.8) is 0 Å². The summed E-state index contributed by atoms with van der Waals surface area (Å²) in [6.45, 7) is 3.20. The molecule has 2 aromatic carbocycles. The number of aromatic amines is 1. The van der Waals surface area contributed by atoms with Crippen LogP contribution in [0.25, 0.3) is 43.9 Å². The van der Waals surface area contributed by atoms with Crippen molar-refractivity contribution in [1.82, 2.24) is 14.5 Å². The molecule has 0 saturated carbocycles. The van der Waals surface area contributed by atoms with Crippen LogP contribution in [0.1, 0.15) is 29.9 Å². The third-order valence-corrected chi connectivity index (χ3v) is 7.33. The van der Waals surface area contributed by atoms with Crippen molar-refractivity contribution in [3.8, 4) is 16.9 Å². The lowest BCUT2D eigenvalue weighted by atomic mass is 10.0. The van der Waals surface area contributed by atoms with Gasteiger partial charge in [-0.1, -0.05) is 11.6 Å². The van der Waals surface area contributed by atoms with Gasteiger partial charge in [-0.2, -0.15) is 0 Å². The van der Waals surface area contributed by atoms with Crippen LogP contribution < -0.4 is 16.0 Å². The topological polar surface area (TPSA) is 142 Å². The van der Waals surface area contributed by atoms with Crippen molar-refractivity contribution in [1.29, 1.82) is 0 Å². The maximum atomic E-state index is 15.4. The normalized spacial score (nSPS) is 12.2. The number of ether oxygens (including phenoxy) is 2. The number of rotatable bonds is 7. The smallest absolute Gasteiger partial charge is 0.355 e. The maximum Gasteiger partial charge on any atom is 0.355 e. The second kappa shape index (κ2) is 11.0. The number of halogens is 2. The minimum atomic E-state index is -0.803. The summed E-state index contributed by atoms with van der Waals surface area (Å²) in [5.74, 6) is -1.64. The Kier molecular flexibility index (Phi) is 7.20. The summed E-state index contributed by atoms with van der Waals surface area (Å²) in [4.78, 5) is 45.7. The van der Waals surface area contributed by atoms with Gasteiger partial charge in [-0.3, -0.25) is 4.79 Å². The summed E-state index contributed by atoms with van der Waals surface area (Å²) in [7, 11) is 0. The summed E-state index contributed by atoms with van der Waals surface area (Å²) < 4.78 is 33.3. The van der Waals surface area contributed by atoms with E-state index in [0.29, 0.717) is 21.9 Å². The van der Waals surface area contributed by atoms with E-state index in [2.05, 4.69) is 9.97 Å². The third-order valence-electron chi connectivity index (χ3n) is 7.01. The van der Waals surface area contributed by atoms with E-state index in [-0.39, 0.29) is 57.4 Å². The van der Waals surface area contributed by atoms with E-state index in [9.17, 15) is 14.4 Å². The number of aromatic nitrogens is 3. The van der Waals surface area contributed by atoms with E-state index < -0.39 is 29.4 Å². The number of nitrogens with one attached hydrogen (secondary N) is 1. The first-order valence-electron chi connectivity index (χ1n) is 13.3. The Balaban J connectivity index is 1.59. The van der Waals surface area contributed by atoms with Gasteiger partial charge in [0.05, 0.1) is 46.8 Å². The molecule has 0 spiro atoms. The fourth-order valence-corrected chi connectivity index (χ4v) is 5.29. The molecule has 43 heavy (non-hydrogen) atoms. The van der Waals surface area contributed by atoms with Crippen LogP contribution in [0.3, 0.4) is 0 Å². The monoisotopic (exact) mass is 602 g/mol. The number of carbonyl (C=O) groups excluding carboxylic acids is 2. The molecule has 0 bridgehead atoms. The van der Waals surface area contributed by atoms with Gasteiger partial charge >= 0.3 is 11.9 Å². The Morgan fingerprint density at radius 2 is 2.02 bits per heavy atom. The van der Waals surface area contributed by atoms with Crippen LogP contribution in [-0.2, 0) is 16.1 Å². The Morgan fingerprint density at radius 1 is 1.21 bits per heavy atom. The minimum Gasteiger partial charge on any atom is -0.463 e. The highest BCUT2D eigenvalue weighted by atomic mass is 35.5. The summed E-state index contributed by atoms with van der Waals surface area (Å²) in [5, 5.41) is 1.32. The molecule has 218 valence electrons. The van der Waals surface area contributed by atoms with Gasteiger partial charge in [-0.25, -0.2) is 19.0 Å². The van der Waals surface area contributed by atoms with Gasteiger partial charge in [-0.15, -0.1) is 0 Å². The summed E-state index contributed by atoms with van der Waals surface area (Å²) in [6.07, 6.45) is 2.82. The zero-order chi connectivity index (χ0) is 30.4.